The van der Waals surface area contributed by atoms with Gasteiger partial charge < -0.3 is 15.0 Å². The molecule has 0 atom stereocenters. The maximum absolute atomic E-state index is 12.9. The molecule has 0 radical (unpaired) electrons. The van der Waals surface area contributed by atoms with Gasteiger partial charge in [-0.15, -0.1) is 0 Å². The minimum atomic E-state index is -0.120. The van der Waals surface area contributed by atoms with Gasteiger partial charge in [-0.2, -0.15) is 0 Å². The molecule has 1 amide bonds. The van der Waals surface area contributed by atoms with E-state index in [-0.39, 0.29) is 5.91 Å². The number of rotatable bonds is 7. The number of aromatic nitrogens is 2. The topological polar surface area (TPSA) is 59.4 Å². The summed E-state index contributed by atoms with van der Waals surface area (Å²) in [7, 11) is 0. The van der Waals surface area contributed by atoms with Crippen molar-refractivity contribution in [1.82, 2.24) is 14.5 Å². The first-order valence-electron chi connectivity index (χ1n) is 11.1. The van der Waals surface area contributed by atoms with Crippen LogP contribution >= 0.6 is 0 Å². The Bertz CT molecular complexity index is 1270. The third kappa shape index (κ3) is 3.52. The van der Waals surface area contributed by atoms with Gasteiger partial charge in [0.1, 0.15) is 18.2 Å². The number of imidazole rings is 1. The van der Waals surface area contributed by atoms with Gasteiger partial charge in [0.15, 0.2) is 0 Å². The van der Waals surface area contributed by atoms with Gasteiger partial charge >= 0.3 is 0 Å². The molecule has 1 N–H and O–H groups in total. The lowest BCUT2D eigenvalue weighted by Gasteiger charge is -2.18. The summed E-state index contributed by atoms with van der Waals surface area (Å²) in [6, 6.07) is 21.5. The number of nitrogens with one attached hydrogen (secondary N) is 1. The third-order valence-corrected chi connectivity index (χ3v) is 6.00. The lowest BCUT2D eigenvalue weighted by atomic mass is 10.1. The van der Waals surface area contributed by atoms with E-state index in [2.05, 4.69) is 28.6 Å². The molecule has 1 aliphatic heterocycles. The Morgan fingerprint density at radius 1 is 0.969 bits per heavy atom. The first-order chi connectivity index (χ1) is 15.7. The number of carbonyl (C=O) groups excluding carboxylic acids is 1. The molecule has 5 rings (SSSR count). The van der Waals surface area contributed by atoms with Crippen LogP contribution in [-0.4, -0.2) is 46.6 Å². The summed E-state index contributed by atoms with van der Waals surface area (Å²) in [4.78, 5) is 20.1. The average molecular weight is 427 g/mol. The molecular formula is C26H26N4O2. The van der Waals surface area contributed by atoms with Crippen LogP contribution in [0.25, 0.3) is 28.1 Å². The molecule has 0 aliphatic carbocycles. The molecule has 6 nitrogen and oxygen atoms in total. The highest BCUT2D eigenvalue weighted by molar-refractivity contribution is 6.14. The SMILES string of the molecule is CCN(CC)CCOc1ccc(-c2nc3cccc4c3n2-c2ccccc2NC4=O)cc1. The van der Waals surface area contributed by atoms with E-state index in [1.807, 2.05) is 66.7 Å². The molecular weight excluding hydrogens is 400 g/mol. The van der Waals surface area contributed by atoms with Crippen LogP contribution in [0.4, 0.5) is 5.69 Å². The van der Waals surface area contributed by atoms with E-state index < -0.39 is 0 Å². The van der Waals surface area contributed by atoms with E-state index >= 15 is 0 Å². The van der Waals surface area contributed by atoms with E-state index in [9.17, 15) is 4.79 Å². The molecule has 32 heavy (non-hydrogen) atoms. The lowest BCUT2D eigenvalue weighted by molar-refractivity contribution is 0.102. The van der Waals surface area contributed by atoms with Gasteiger partial charge in [-0.1, -0.05) is 32.0 Å². The standard InChI is InChI=1S/C26H26N4O2/c1-3-29(4-2)16-17-32-19-14-12-18(13-15-19)25-27-22-10-7-8-20-24(22)30(25)23-11-6-5-9-21(23)28-26(20)31/h5-15H,3-4,16-17H2,1-2H3,(H,28,31). The van der Waals surface area contributed by atoms with Crippen molar-refractivity contribution in [3.63, 3.8) is 0 Å². The second kappa shape index (κ2) is 8.48. The summed E-state index contributed by atoms with van der Waals surface area (Å²) in [6.45, 7) is 7.93. The minimum absolute atomic E-state index is 0.120. The van der Waals surface area contributed by atoms with Crippen molar-refractivity contribution < 1.29 is 9.53 Å². The largest absolute Gasteiger partial charge is 0.492 e. The zero-order valence-corrected chi connectivity index (χ0v) is 18.3. The molecule has 6 heteroatoms. The van der Waals surface area contributed by atoms with E-state index in [0.29, 0.717) is 12.2 Å². The highest BCUT2D eigenvalue weighted by Crippen LogP contribution is 2.36. The molecule has 0 saturated carbocycles. The molecule has 0 unspecified atom stereocenters. The number of anilines is 1. The number of hydrogen-bond acceptors (Lipinski definition) is 4. The van der Waals surface area contributed by atoms with Gasteiger partial charge in [0.2, 0.25) is 0 Å². The fraction of sp³-hybridized carbons (Fsp3) is 0.231. The van der Waals surface area contributed by atoms with Crippen LogP contribution in [0.3, 0.4) is 0 Å². The maximum Gasteiger partial charge on any atom is 0.257 e. The highest BCUT2D eigenvalue weighted by Gasteiger charge is 2.25. The van der Waals surface area contributed by atoms with Crippen molar-refractivity contribution >= 4 is 22.6 Å². The minimum Gasteiger partial charge on any atom is -0.492 e. The number of likely N-dealkylation sites (N-methyl/N-ethyl adjacent to an activating group) is 1. The fourth-order valence-electron chi connectivity index (χ4n) is 4.23. The zero-order chi connectivity index (χ0) is 22.1. The maximum atomic E-state index is 12.9. The van der Waals surface area contributed by atoms with Gasteiger partial charge in [0.05, 0.1) is 28.0 Å². The van der Waals surface area contributed by atoms with E-state index in [0.717, 1.165) is 59.2 Å². The normalized spacial score (nSPS) is 12.5. The summed E-state index contributed by atoms with van der Waals surface area (Å²) >= 11 is 0. The Kier molecular flexibility index (Phi) is 5.37. The lowest BCUT2D eigenvalue weighted by Crippen LogP contribution is -2.27. The predicted octanol–water partition coefficient (Wildman–Crippen LogP) is 4.98. The Morgan fingerprint density at radius 3 is 2.53 bits per heavy atom. The molecule has 3 aromatic carbocycles. The van der Waals surface area contributed by atoms with Crippen LogP contribution in [0.5, 0.6) is 5.75 Å². The van der Waals surface area contributed by atoms with E-state index in [4.69, 9.17) is 9.72 Å². The number of amides is 1. The van der Waals surface area contributed by atoms with Crippen molar-refractivity contribution in [2.45, 2.75) is 13.8 Å². The Morgan fingerprint density at radius 2 is 1.75 bits per heavy atom. The van der Waals surface area contributed by atoms with E-state index in [1.54, 1.807) is 0 Å². The Balaban J connectivity index is 1.53. The van der Waals surface area contributed by atoms with Gasteiger partial charge in [0, 0.05) is 12.1 Å². The summed E-state index contributed by atoms with van der Waals surface area (Å²) < 4.78 is 8.02. The number of hydrogen-bond donors (Lipinski definition) is 1. The number of nitrogens with zero attached hydrogens (tertiary/aromatic N) is 3. The number of para-hydroxylation sites is 3. The molecule has 0 fully saturated rings. The molecule has 4 aromatic rings. The van der Waals surface area contributed by atoms with Gasteiger partial charge in [-0.3, -0.25) is 9.36 Å². The molecule has 0 spiro atoms. The molecule has 2 heterocycles. The van der Waals surface area contributed by atoms with Gasteiger partial charge in [0.25, 0.3) is 5.91 Å². The van der Waals surface area contributed by atoms with Crippen LogP contribution in [0.15, 0.2) is 66.7 Å². The van der Waals surface area contributed by atoms with Crippen LogP contribution < -0.4 is 10.1 Å². The van der Waals surface area contributed by atoms with Crippen molar-refractivity contribution in [2.24, 2.45) is 0 Å². The predicted molar refractivity (Wildman–Crippen MR) is 128 cm³/mol. The third-order valence-electron chi connectivity index (χ3n) is 6.00. The molecule has 0 saturated heterocycles. The number of ether oxygens (including phenoxy) is 1. The number of carbonyl (C=O) groups is 1. The smallest absolute Gasteiger partial charge is 0.257 e. The second-order valence-corrected chi connectivity index (χ2v) is 7.82. The number of fused-ring (bicyclic) bond motifs is 2. The summed E-state index contributed by atoms with van der Waals surface area (Å²) in [6.07, 6.45) is 0. The molecule has 1 aliphatic rings. The Labute approximate surface area is 187 Å². The van der Waals surface area contributed by atoms with E-state index in [1.165, 1.54) is 0 Å². The highest BCUT2D eigenvalue weighted by atomic mass is 16.5. The Hall–Kier alpha value is -3.64. The van der Waals surface area contributed by atoms with Crippen molar-refractivity contribution in [2.75, 3.05) is 31.6 Å². The first kappa shape index (κ1) is 20.3. The fourth-order valence-corrected chi connectivity index (χ4v) is 4.23. The molecule has 1 aromatic heterocycles. The van der Waals surface area contributed by atoms with Crippen molar-refractivity contribution in [3.8, 4) is 22.8 Å². The summed E-state index contributed by atoms with van der Waals surface area (Å²) in [5, 5.41) is 3.03. The summed E-state index contributed by atoms with van der Waals surface area (Å²) in [5.74, 6) is 1.52. The van der Waals surface area contributed by atoms with Crippen LogP contribution in [0.2, 0.25) is 0 Å². The quantitative estimate of drug-likeness (QED) is 0.453. The van der Waals surface area contributed by atoms with Crippen LogP contribution in [0, 0.1) is 0 Å². The van der Waals surface area contributed by atoms with Gasteiger partial charge in [-0.05, 0) is 61.6 Å². The summed E-state index contributed by atoms with van der Waals surface area (Å²) in [5.41, 5.74) is 4.88. The van der Waals surface area contributed by atoms with Crippen molar-refractivity contribution in [3.05, 3.63) is 72.3 Å². The first-order valence-corrected chi connectivity index (χ1v) is 11.1. The van der Waals surface area contributed by atoms with Crippen molar-refractivity contribution in [1.29, 1.82) is 0 Å². The average Bonchev–Trinajstić information content (AvgIpc) is 3.16. The van der Waals surface area contributed by atoms with Crippen LogP contribution in [-0.2, 0) is 0 Å². The van der Waals surface area contributed by atoms with Crippen LogP contribution in [0.1, 0.15) is 24.2 Å². The molecule has 162 valence electrons. The number of benzene rings is 3. The zero-order valence-electron chi connectivity index (χ0n) is 18.3. The van der Waals surface area contributed by atoms with Gasteiger partial charge in [-0.25, -0.2) is 4.98 Å². The molecule has 0 bridgehead atoms. The second-order valence-electron chi connectivity index (χ2n) is 7.82. The monoisotopic (exact) mass is 426 g/mol.